The first-order valence-electron chi connectivity index (χ1n) is 6.74. The van der Waals surface area contributed by atoms with Crippen molar-refractivity contribution in [2.24, 2.45) is 0 Å². The largest absolute Gasteiger partial charge is 0.481 e. The smallest absolute Gasteiger partial charge is 0.304 e. The molecule has 2 rings (SSSR count). The van der Waals surface area contributed by atoms with E-state index in [1.165, 1.54) is 4.31 Å². The number of carboxylic acid groups (broad SMARTS) is 1. The molecule has 0 bridgehead atoms. The molecule has 1 aromatic carbocycles. The number of piperidine rings is 1. The van der Waals surface area contributed by atoms with Crippen molar-refractivity contribution >= 4 is 16.0 Å². The van der Waals surface area contributed by atoms with Gasteiger partial charge in [0, 0.05) is 12.6 Å². The molecule has 1 aliphatic rings. The van der Waals surface area contributed by atoms with Crippen LogP contribution in [0.15, 0.2) is 30.3 Å². The van der Waals surface area contributed by atoms with E-state index < -0.39 is 22.0 Å². The molecule has 1 fully saturated rings. The zero-order chi connectivity index (χ0) is 14.6. The molecule has 1 N–H and O–H groups in total. The molecule has 0 saturated carbocycles. The van der Waals surface area contributed by atoms with Crippen molar-refractivity contribution in [3.63, 3.8) is 0 Å². The normalized spacial score (nSPS) is 20.7. The van der Waals surface area contributed by atoms with Crippen LogP contribution in [0.25, 0.3) is 0 Å². The molecule has 1 saturated heterocycles. The van der Waals surface area contributed by atoms with Gasteiger partial charge in [0.25, 0.3) is 0 Å². The number of carboxylic acids is 1. The summed E-state index contributed by atoms with van der Waals surface area (Å²) in [6.45, 7) is 0.424. The van der Waals surface area contributed by atoms with Crippen LogP contribution in [0.1, 0.15) is 31.2 Å². The van der Waals surface area contributed by atoms with Gasteiger partial charge < -0.3 is 5.11 Å². The van der Waals surface area contributed by atoms with E-state index >= 15 is 0 Å². The predicted molar refractivity (Wildman–Crippen MR) is 75.7 cm³/mol. The summed E-state index contributed by atoms with van der Waals surface area (Å²) in [6, 6.07) is 8.58. The Morgan fingerprint density at radius 2 is 1.95 bits per heavy atom. The summed E-state index contributed by atoms with van der Waals surface area (Å²) in [5, 5.41) is 8.92. The van der Waals surface area contributed by atoms with E-state index in [2.05, 4.69) is 0 Å². The predicted octanol–water partition coefficient (Wildman–Crippen LogP) is 1.85. The van der Waals surface area contributed by atoms with E-state index in [9.17, 15) is 13.2 Å². The number of carbonyl (C=O) groups is 1. The monoisotopic (exact) mass is 297 g/mol. The van der Waals surface area contributed by atoms with Gasteiger partial charge in [-0.2, -0.15) is 4.31 Å². The van der Waals surface area contributed by atoms with E-state index in [4.69, 9.17) is 5.11 Å². The Kier molecular flexibility index (Phi) is 4.77. The summed E-state index contributed by atoms with van der Waals surface area (Å²) >= 11 is 0. The van der Waals surface area contributed by atoms with Crippen molar-refractivity contribution < 1.29 is 18.3 Å². The topological polar surface area (TPSA) is 74.7 Å². The molecule has 0 aromatic heterocycles. The van der Waals surface area contributed by atoms with Gasteiger partial charge >= 0.3 is 5.97 Å². The first kappa shape index (κ1) is 15.0. The second kappa shape index (κ2) is 6.37. The van der Waals surface area contributed by atoms with Gasteiger partial charge in [-0.25, -0.2) is 8.42 Å². The summed E-state index contributed by atoms with van der Waals surface area (Å²) < 4.78 is 26.3. The van der Waals surface area contributed by atoms with Gasteiger partial charge in [-0.3, -0.25) is 4.79 Å². The number of aliphatic carboxylic acids is 1. The van der Waals surface area contributed by atoms with Crippen molar-refractivity contribution in [1.82, 2.24) is 4.31 Å². The van der Waals surface area contributed by atoms with Gasteiger partial charge in [0.1, 0.15) is 0 Å². The van der Waals surface area contributed by atoms with Crippen LogP contribution in [0.2, 0.25) is 0 Å². The molecule has 0 aliphatic carbocycles. The standard InChI is InChI=1S/C14H19NO4S/c16-14(17)10-13-8-4-5-9-15(13)20(18,19)11-12-6-2-1-3-7-12/h1-3,6-7,13H,4-5,8-11H2,(H,16,17)/t13-/m0/s1. The SMILES string of the molecule is O=C(O)C[C@@H]1CCCCN1S(=O)(=O)Cc1ccccc1. The first-order valence-corrected chi connectivity index (χ1v) is 8.35. The Labute approximate surface area is 119 Å². The number of benzene rings is 1. The van der Waals surface area contributed by atoms with Crippen molar-refractivity contribution in [1.29, 1.82) is 0 Å². The van der Waals surface area contributed by atoms with E-state index in [0.717, 1.165) is 18.4 Å². The lowest BCUT2D eigenvalue weighted by molar-refractivity contribution is -0.138. The maximum Gasteiger partial charge on any atom is 0.304 e. The number of nitrogens with zero attached hydrogens (tertiary/aromatic N) is 1. The van der Waals surface area contributed by atoms with Crippen LogP contribution >= 0.6 is 0 Å². The third kappa shape index (κ3) is 3.80. The molecule has 1 atom stereocenters. The fourth-order valence-corrected chi connectivity index (χ4v) is 4.43. The second-order valence-corrected chi connectivity index (χ2v) is 7.02. The maximum absolute atomic E-state index is 12.5. The molecule has 5 nitrogen and oxygen atoms in total. The Morgan fingerprint density at radius 3 is 2.60 bits per heavy atom. The molecule has 1 heterocycles. The maximum atomic E-state index is 12.5. The van der Waals surface area contributed by atoms with Gasteiger partial charge in [0.15, 0.2) is 0 Å². The Morgan fingerprint density at radius 1 is 1.25 bits per heavy atom. The molecule has 20 heavy (non-hydrogen) atoms. The van der Waals surface area contributed by atoms with Crippen LogP contribution < -0.4 is 0 Å². The number of sulfonamides is 1. The minimum absolute atomic E-state index is 0.0655. The molecule has 110 valence electrons. The van der Waals surface area contributed by atoms with Crippen molar-refractivity contribution in [2.45, 2.75) is 37.5 Å². The number of hydrogen-bond acceptors (Lipinski definition) is 3. The molecule has 0 unspecified atom stereocenters. The zero-order valence-electron chi connectivity index (χ0n) is 11.2. The van der Waals surface area contributed by atoms with E-state index in [0.29, 0.717) is 13.0 Å². The van der Waals surface area contributed by atoms with Gasteiger partial charge in [0.05, 0.1) is 12.2 Å². The van der Waals surface area contributed by atoms with Crippen LogP contribution in [-0.2, 0) is 20.6 Å². The van der Waals surface area contributed by atoms with Crippen molar-refractivity contribution in [3.05, 3.63) is 35.9 Å². The average Bonchev–Trinajstić information content (AvgIpc) is 2.39. The molecule has 6 heteroatoms. The minimum atomic E-state index is -3.46. The first-order chi connectivity index (χ1) is 9.49. The van der Waals surface area contributed by atoms with Crippen LogP contribution in [0.5, 0.6) is 0 Å². The van der Waals surface area contributed by atoms with Crippen molar-refractivity contribution in [3.8, 4) is 0 Å². The fourth-order valence-electron chi connectivity index (χ4n) is 2.61. The number of hydrogen-bond donors (Lipinski definition) is 1. The van der Waals surface area contributed by atoms with Crippen LogP contribution in [0.3, 0.4) is 0 Å². The van der Waals surface area contributed by atoms with Gasteiger partial charge in [-0.15, -0.1) is 0 Å². The molecule has 1 aromatic rings. The highest BCUT2D eigenvalue weighted by atomic mass is 32.2. The lowest BCUT2D eigenvalue weighted by atomic mass is 10.0. The highest BCUT2D eigenvalue weighted by molar-refractivity contribution is 7.88. The van der Waals surface area contributed by atoms with Crippen LogP contribution in [0.4, 0.5) is 0 Å². The summed E-state index contributed by atoms with van der Waals surface area (Å²) in [4.78, 5) is 10.9. The zero-order valence-corrected chi connectivity index (χ0v) is 12.1. The van der Waals surface area contributed by atoms with E-state index in [1.54, 1.807) is 24.3 Å². The summed E-state index contributed by atoms with van der Waals surface area (Å²) in [5.41, 5.74) is 0.729. The summed E-state index contributed by atoms with van der Waals surface area (Å²) in [6.07, 6.45) is 2.19. The molecule has 0 amide bonds. The van der Waals surface area contributed by atoms with Crippen molar-refractivity contribution in [2.75, 3.05) is 6.54 Å². The Balaban J connectivity index is 2.15. The lowest BCUT2D eigenvalue weighted by Gasteiger charge is -2.33. The van der Waals surface area contributed by atoms with Gasteiger partial charge in [-0.1, -0.05) is 36.8 Å². The average molecular weight is 297 g/mol. The lowest BCUT2D eigenvalue weighted by Crippen LogP contribution is -2.45. The molecular formula is C14H19NO4S. The molecular weight excluding hydrogens is 278 g/mol. The van der Waals surface area contributed by atoms with Gasteiger partial charge in [-0.05, 0) is 18.4 Å². The van der Waals surface area contributed by atoms with Crippen LogP contribution in [-0.4, -0.2) is 36.4 Å². The summed E-state index contributed by atoms with van der Waals surface area (Å²) in [7, 11) is -3.46. The third-order valence-electron chi connectivity index (χ3n) is 3.53. The third-order valence-corrected chi connectivity index (χ3v) is 5.43. The number of rotatable bonds is 5. The van der Waals surface area contributed by atoms with Gasteiger partial charge in [0.2, 0.25) is 10.0 Å². The molecule has 1 aliphatic heterocycles. The fraction of sp³-hybridized carbons (Fsp3) is 0.500. The highest BCUT2D eigenvalue weighted by Crippen LogP contribution is 2.24. The highest BCUT2D eigenvalue weighted by Gasteiger charge is 2.33. The second-order valence-electron chi connectivity index (χ2n) is 5.10. The quantitative estimate of drug-likeness (QED) is 0.900. The Bertz CT molecular complexity index is 556. The van der Waals surface area contributed by atoms with E-state index in [-0.39, 0.29) is 12.2 Å². The van der Waals surface area contributed by atoms with E-state index in [1.807, 2.05) is 6.07 Å². The summed E-state index contributed by atoms with van der Waals surface area (Å²) in [5.74, 6) is -1.01. The minimum Gasteiger partial charge on any atom is -0.481 e. The Hall–Kier alpha value is -1.40. The molecule has 0 spiro atoms. The van der Waals surface area contributed by atoms with Crippen LogP contribution in [0, 0.1) is 0 Å². The molecule has 0 radical (unpaired) electrons.